The molecule has 6 N–H and O–H groups in total. The Morgan fingerprint density at radius 3 is 0.870 bits per heavy atom. The first-order valence-electron chi connectivity index (χ1n) is 36.6. The van der Waals surface area contributed by atoms with Gasteiger partial charge in [-0.1, -0.05) is 255 Å². The Bertz CT molecular complexity index is 4970. The number of carboxylic acid groups (broad SMARTS) is 1. The summed E-state index contributed by atoms with van der Waals surface area (Å²) in [6, 6.07) is 76.0. The first-order chi connectivity index (χ1) is 53.1. The number of carboxylic acids is 1. The molecule has 3 heterocycles. The smallest absolute Gasteiger partial charge is 0.870 e. The van der Waals surface area contributed by atoms with E-state index in [1.54, 1.807) is 34.6 Å². The zero-order valence-electron chi connectivity index (χ0n) is 66.1. The van der Waals surface area contributed by atoms with E-state index in [9.17, 15) is 33.9 Å². The van der Waals surface area contributed by atoms with Crippen molar-refractivity contribution >= 4 is 54.0 Å². The molecule has 0 aliphatic heterocycles. The van der Waals surface area contributed by atoms with Crippen molar-refractivity contribution < 1.29 is 139 Å². The number of amides is 3. The van der Waals surface area contributed by atoms with Crippen LogP contribution in [0.25, 0.3) is 67.2 Å². The monoisotopic (exact) mass is 1590 g/mol. The zero-order valence-corrected chi connectivity index (χ0v) is 69.5. The summed E-state index contributed by atoms with van der Waals surface area (Å²) in [7, 11) is 0. The van der Waals surface area contributed by atoms with Crippen LogP contribution in [0.5, 0.6) is 0 Å². The molecule has 0 unspecified atom stereocenters. The van der Waals surface area contributed by atoms with Gasteiger partial charge in [0.15, 0.2) is 17.7 Å². The summed E-state index contributed by atoms with van der Waals surface area (Å²) >= 11 is 0. The van der Waals surface area contributed by atoms with E-state index in [0.717, 1.165) is 109 Å². The number of anilines is 3. The SMILES string of the molecule is CC(=O)C1(c2ccc(-c3ccc(-c4nc(C)oc4NC(=O)O[C@H](C)c4ccccc4)cc3)cc2)CC1.C[CH-]C.Cc1nc(-c2ccc(-c3ccc(C4(C(=O)O)CC4)cc3)cc2)c(NC(=O)O[C@H](C)c2ccccc2)o1.Cc1nc(-c2ccc(-c3ccc(C4([C-]=O)CC4)cc3)cc2)c(NC(=O)O[C@H](C)c2ccccc2)o1.[Li+].[Na+].[OH-].[OH-].[V]. The summed E-state index contributed by atoms with van der Waals surface area (Å²) in [6.07, 6.45) is 6.07. The number of benzene rings is 9. The Balaban J connectivity index is 0.000000230. The number of carbonyl (C=O) groups is 5. The second-order valence-corrected chi connectivity index (χ2v) is 27.7. The van der Waals surface area contributed by atoms with Crippen molar-refractivity contribution in [3.8, 4) is 67.2 Å². The molecule has 115 heavy (non-hydrogen) atoms. The van der Waals surface area contributed by atoms with Gasteiger partial charge in [0.05, 0.1) is 10.8 Å². The average Bonchev–Trinajstić information content (AvgIpc) is 1.62. The fourth-order valence-corrected chi connectivity index (χ4v) is 13.0. The van der Waals surface area contributed by atoms with Gasteiger partial charge in [0.1, 0.15) is 41.2 Å². The fourth-order valence-electron chi connectivity index (χ4n) is 13.0. The molecule has 3 saturated carbocycles. The third-order valence-corrected chi connectivity index (χ3v) is 19.8. The molecule has 3 aromatic heterocycles. The predicted octanol–water partition coefficient (Wildman–Crippen LogP) is 15.6. The van der Waals surface area contributed by atoms with Crippen molar-refractivity contribution in [1.82, 2.24) is 15.0 Å². The molecule has 3 fully saturated rings. The number of carbonyl (C=O) groups excluding carboxylic acids is 5. The first-order valence-corrected chi connectivity index (χ1v) is 36.6. The van der Waals surface area contributed by atoms with Crippen LogP contribution in [0.4, 0.5) is 32.0 Å². The van der Waals surface area contributed by atoms with E-state index in [-0.39, 0.29) is 107 Å². The second-order valence-electron chi connectivity index (χ2n) is 27.7. The summed E-state index contributed by atoms with van der Waals surface area (Å²) in [4.78, 5) is 85.8. The van der Waals surface area contributed by atoms with Crippen LogP contribution >= 0.6 is 0 Å². The number of nitrogens with zero attached hydrogens (tertiary/aromatic N) is 3. The van der Waals surface area contributed by atoms with E-state index < -0.39 is 53.4 Å². The number of aliphatic carboxylic acids is 1. The Morgan fingerprint density at radius 1 is 0.409 bits per heavy atom. The maximum Gasteiger partial charge on any atom is 1.00 e. The van der Waals surface area contributed by atoms with Crippen LogP contribution in [0.3, 0.4) is 0 Å². The molecule has 9 aromatic carbocycles. The molecule has 3 atom stereocenters. The van der Waals surface area contributed by atoms with Gasteiger partial charge in [0.2, 0.25) is 17.7 Å². The van der Waals surface area contributed by atoms with E-state index in [1.807, 2.05) is 246 Å². The molecule has 24 heteroatoms. The van der Waals surface area contributed by atoms with E-state index in [2.05, 4.69) is 61.5 Å². The Labute approximate surface area is 715 Å². The number of nitrogens with one attached hydrogen (secondary N) is 3. The molecule has 581 valence electrons. The van der Waals surface area contributed by atoms with Crippen LogP contribution in [0.15, 0.2) is 250 Å². The topological polar surface area (TPSA) is 325 Å². The van der Waals surface area contributed by atoms with Crippen LogP contribution in [0, 0.1) is 27.2 Å². The maximum atomic E-state index is 12.5. The zero-order chi connectivity index (χ0) is 77.7. The quantitative estimate of drug-likeness (QED) is 0.0295. The van der Waals surface area contributed by atoms with Gasteiger partial charge in [-0.3, -0.25) is 31.8 Å². The third-order valence-electron chi connectivity index (χ3n) is 19.8. The van der Waals surface area contributed by atoms with Gasteiger partial charge in [-0.15, -0.1) is 5.41 Å². The van der Waals surface area contributed by atoms with E-state index in [0.29, 0.717) is 47.6 Å². The molecule has 12 aromatic rings. The number of aromatic nitrogens is 3. The van der Waals surface area contributed by atoms with Crippen molar-refractivity contribution in [2.75, 3.05) is 16.0 Å². The summed E-state index contributed by atoms with van der Waals surface area (Å²) in [5.74, 6) is 1.48. The number of ether oxygens (including phenoxy) is 3. The molecule has 0 saturated heterocycles. The van der Waals surface area contributed by atoms with Crippen LogP contribution in [-0.2, 0) is 63.4 Å². The predicted molar refractivity (Wildman–Crippen MR) is 427 cm³/mol. The standard InChI is InChI=1S/C30H28N2O4.C29H26N2O5.C29H25N2O4.C3H7.Li.Na.2H2O.V/c1-19(22-7-5-4-6-8-22)35-29(34)32-28-27(31-21(3)36-28)25-11-9-23(10-12-25)24-13-15-26(16-14-24)30(17-18-30)20(2)33;1-18(20-6-4-3-5-7-20)35-28(34)31-26-25(30-19(2)36-26)23-10-8-21(9-11-23)22-12-14-24(15-13-22)29(16-17-29)27(32)33;1-19(21-6-4-3-5-7-21)34-28(33)31-27-26(30-20(2)35-27)24-10-8-22(9-11-24)23-12-14-25(15-13-23)29(18-32)16-17-29;1-3-2;;;;;/h4-16,19H,17-18H2,1-3H3,(H,32,34);3-15,18H,16-17H2,1-2H3,(H,31,34)(H,32,33);3-15,19H,16-17H2,1-2H3,(H,31,33);3H,1-2H3;;;2*1H2;/q;;2*-1;2*+1;;;/p-2/t19-;18-;19-;;;;;;/m111....../s1. The van der Waals surface area contributed by atoms with Crippen LogP contribution in [-0.4, -0.2) is 67.3 Å². The van der Waals surface area contributed by atoms with Crippen LogP contribution in [0.1, 0.15) is 149 Å². The Kier molecular flexibility index (Phi) is 32.7. The van der Waals surface area contributed by atoms with Crippen LogP contribution in [0.2, 0.25) is 0 Å². The van der Waals surface area contributed by atoms with Gasteiger partial charge in [-0.05, 0) is 115 Å². The Hall–Kier alpha value is -10.7. The van der Waals surface area contributed by atoms with Crippen LogP contribution < -0.4 is 64.4 Å². The van der Waals surface area contributed by atoms with Gasteiger partial charge < -0.3 is 54.7 Å². The summed E-state index contributed by atoms with van der Waals surface area (Å²) in [5, 5.41) is 17.6. The minimum atomic E-state index is -0.759. The van der Waals surface area contributed by atoms with E-state index in [4.69, 9.17) is 27.5 Å². The third kappa shape index (κ3) is 22.5. The fraction of sp³-hybridized carbons (Fsp3) is 0.231. The number of ketones is 1. The average molecular weight is 1590 g/mol. The molecule has 3 aliphatic carbocycles. The number of rotatable bonds is 21. The first kappa shape index (κ1) is 91.5. The molecule has 0 bridgehead atoms. The molecule has 15 rings (SSSR count). The van der Waals surface area contributed by atoms with Gasteiger partial charge >= 0.3 is 72.7 Å². The molecule has 21 nitrogen and oxygen atoms in total. The summed E-state index contributed by atoms with van der Waals surface area (Å²) < 4.78 is 33.5. The molecule has 3 amide bonds. The van der Waals surface area contributed by atoms with Crippen molar-refractivity contribution in [3.63, 3.8) is 0 Å². The van der Waals surface area contributed by atoms with Crippen molar-refractivity contribution in [3.05, 3.63) is 294 Å². The van der Waals surface area contributed by atoms with Gasteiger partial charge in [0, 0.05) is 56.0 Å². The van der Waals surface area contributed by atoms with E-state index >= 15 is 0 Å². The number of aryl methyl sites for hydroxylation is 3. The Morgan fingerprint density at radius 2 is 0.643 bits per heavy atom. The van der Waals surface area contributed by atoms with Crippen molar-refractivity contribution in [2.45, 2.75) is 135 Å². The largest absolute Gasteiger partial charge is 1.00 e. The summed E-state index contributed by atoms with van der Waals surface area (Å²) in [6.45, 7) is 16.3. The second kappa shape index (κ2) is 41.1. The molecular formula is C91H88LiN6NaO15V-2. The van der Waals surface area contributed by atoms with Crippen molar-refractivity contribution in [2.24, 2.45) is 0 Å². The summed E-state index contributed by atoms with van der Waals surface area (Å²) in [5.41, 5.74) is 14.4. The normalized spacial score (nSPS) is 13.8. The molecule has 0 spiro atoms. The number of oxazole rings is 3. The number of hydrogen-bond donors (Lipinski definition) is 4. The minimum absolute atomic E-state index is 0. The van der Waals surface area contributed by atoms with E-state index in [1.165, 1.54) is 0 Å². The van der Waals surface area contributed by atoms with Crippen molar-refractivity contribution in [1.29, 1.82) is 0 Å². The number of Topliss-reactive ketones (excluding diaryl/α,β-unsaturated/α-hetero) is 1. The minimum Gasteiger partial charge on any atom is -0.870 e. The maximum absolute atomic E-state index is 12.5. The number of hydrogen-bond acceptors (Lipinski definition) is 17. The molecule has 1 radical (unpaired) electrons. The molecular weight excluding hydrogens is 1500 g/mol. The molecule has 3 aliphatic rings. The van der Waals surface area contributed by atoms with Gasteiger partial charge in [0.25, 0.3) is 0 Å². The van der Waals surface area contributed by atoms with Gasteiger partial charge in [-0.25, -0.2) is 29.3 Å². The van der Waals surface area contributed by atoms with Gasteiger partial charge in [-0.2, -0.15) is 13.8 Å².